The third kappa shape index (κ3) is 3.91. The molecule has 0 radical (unpaired) electrons. The van der Waals surface area contributed by atoms with Crippen LogP contribution in [0.1, 0.15) is 30.9 Å². The van der Waals surface area contributed by atoms with Crippen molar-refractivity contribution in [2.75, 3.05) is 0 Å². The average Bonchev–Trinajstić information content (AvgIpc) is 2.46. The molecule has 0 aliphatic heterocycles. The van der Waals surface area contributed by atoms with Crippen LogP contribution in [0.4, 0.5) is 13.2 Å². The summed E-state index contributed by atoms with van der Waals surface area (Å²) in [7, 11) is 0. The molecular formula is C18H17F3O. The fourth-order valence-corrected chi connectivity index (χ4v) is 2.18. The fraction of sp³-hybridized carbons (Fsp3) is 0.222. The lowest BCUT2D eigenvalue weighted by Gasteiger charge is -2.13. The van der Waals surface area contributed by atoms with Crippen LogP contribution in [0.25, 0.3) is 17.2 Å². The number of hydrogen-bond acceptors (Lipinski definition) is 1. The Morgan fingerprint density at radius 3 is 2.32 bits per heavy atom. The summed E-state index contributed by atoms with van der Waals surface area (Å²) in [5.74, 6) is 0.137. The molecule has 0 amide bonds. The molecule has 2 aromatic rings. The number of ether oxygens (including phenoxy) is 1. The van der Waals surface area contributed by atoms with Crippen LogP contribution in [0.2, 0.25) is 0 Å². The Hall–Kier alpha value is -2.23. The summed E-state index contributed by atoms with van der Waals surface area (Å²) in [6.45, 7) is 7.74. The van der Waals surface area contributed by atoms with Gasteiger partial charge in [-0.25, -0.2) is 0 Å². The molecule has 0 saturated carbocycles. The molecule has 0 aromatic heterocycles. The maximum absolute atomic E-state index is 12.4. The predicted molar refractivity (Wildman–Crippen MR) is 82.7 cm³/mol. The van der Waals surface area contributed by atoms with Gasteiger partial charge in [0.05, 0.1) is 0 Å². The Bertz CT molecular complexity index is 672. The Labute approximate surface area is 128 Å². The first-order valence-electron chi connectivity index (χ1n) is 6.92. The zero-order valence-electron chi connectivity index (χ0n) is 12.4. The van der Waals surface area contributed by atoms with Gasteiger partial charge in [0.15, 0.2) is 0 Å². The molecule has 0 N–H and O–H groups in total. The number of rotatable bonds is 4. The number of alkyl halides is 3. The standard InChI is InChI=1S/C18H17F3O/c1-4-13-10-16(8-9-17(13)22-18(19,20)21)15-7-5-6-14(11-15)12(2)3/h4-12H,1H2,2-3H3. The van der Waals surface area contributed by atoms with Crippen molar-refractivity contribution >= 4 is 6.08 Å². The van der Waals surface area contributed by atoms with E-state index in [2.05, 4.69) is 25.2 Å². The summed E-state index contributed by atoms with van der Waals surface area (Å²) >= 11 is 0. The Morgan fingerprint density at radius 2 is 1.73 bits per heavy atom. The summed E-state index contributed by atoms with van der Waals surface area (Å²) in [6.07, 6.45) is -3.35. The minimum Gasteiger partial charge on any atom is -0.405 e. The fourth-order valence-electron chi connectivity index (χ4n) is 2.18. The van der Waals surface area contributed by atoms with Gasteiger partial charge in [0.1, 0.15) is 5.75 Å². The van der Waals surface area contributed by atoms with Crippen LogP contribution in [-0.2, 0) is 0 Å². The SMILES string of the molecule is C=Cc1cc(-c2cccc(C(C)C)c2)ccc1OC(F)(F)F. The molecule has 1 nitrogen and oxygen atoms in total. The van der Waals surface area contributed by atoms with Gasteiger partial charge in [0, 0.05) is 5.56 Å². The highest BCUT2D eigenvalue weighted by molar-refractivity contribution is 5.70. The van der Waals surface area contributed by atoms with Gasteiger partial charge in [-0.1, -0.05) is 56.8 Å². The molecule has 0 atom stereocenters. The van der Waals surface area contributed by atoms with Gasteiger partial charge < -0.3 is 4.74 Å². The van der Waals surface area contributed by atoms with E-state index in [-0.39, 0.29) is 5.75 Å². The van der Waals surface area contributed by atoms with Crippen molar-refractivity contribution in [2.45, 2.75) is 26.1 Å². The first kappa shape index (κ1) is 16.1. The molecule has 0 saturated heterocycles. The smallest absolute Gasteiger partial charge is 0.405 e. The molecule has 2 aromatic carbocycles. The summed E-state index contributed by atoms with van der Waals surface area (Å²) in [6, 6.07) is 12.5. The summed E-state index contributed by atoms with van der Waals surface area (Å²) < 4.78 is 41.1. The van der Waals surface area contributed by atoms with Crippen molar-refractivity contribution in [1.82, 2.24) is 0 Å². The van der Waals surface area contributed by atoms with Crippen molar-refractivity contribution in [3.8, 4) is 16.9 Å². The molecule has 0 bridgehead atoms. The van der Waals surface area contributed by atoms with Crippen LogP contribution in [0.3, 0.4) is 0 Å². The third-order valence-corrected chi connectivity index (χ3v) is 3.34. The minimum absolute atomic E-state index is 0.244. The molecule has 0 fully saturated rings. The number of benzene rings is 2. The van der Waals surface area contributed by atoms with Crippen molar-refractivity contribution in [1.29, 1.82) is 0 Å². The summed E-state index contributed by atoms with van der Waals surface area (Å²) in [5, 5.41) is 0. The van der Waals surface area contributed by atoms with Gasteiger partial charge in [-0.15, -0.1) is 13.2 Å². The molecule has 116 valence electrons. The second-order valence-electron chi connectivity index (χ2n) is 5.28. The van der Waals surface area contributed by atoms with Crippen LogP contribution in [-0.4, -0.2) is 6.36 Å². The van der Waals surface area contributed by atoms with Gasteiger partial charge in [-0.05, 0) is 34.7 Å². The highest BCUT2D eigenvalue weighted by Gasteiger charge is 2.31. The first-order valence-corrected chi connectivity index (χ1v) is 6.92. The van der Waals surface area contributed by atoms with Crippen LogP contribution >= 0.6 is 0 Å². The van der Waals surface area contributed by atoms with E-state index in [1.165, 1.54) is 17.7 Å². The molecule has 0 unspecified atom stereocenters. The molecule has 0 aliphatic carbocycles. The number of halogens is 3. The van der Waals surface area contributed by atoms with Crippen LogP contribution < -0.4 is 4.74 Å². The maximum atomic E-state index is 12.4. The molecule has 0 heterocycles. The van der Waals surface area contributed by atoms with E-state index < -0.39 is 6.36 Å². The zero-order chi connectivity index (χ0) is 16.3. The Kier molecular flexibility index (Phi) is 4.59. The van der Waals surface area contributed by atoms with E-state index >= 15 is 0 Å². The summed E-state index contributed by atoms with van der Waals surface area (Å²) in [5.41, 5.74) is 3.26. The van der Waals surface area contributed by atoms with Crippen LogP contribution in [0.5, 0.6) is 5.75 Å². The van der Waals surface area contributed by atoms with Gasteiger partial charge >= 0.3 is 6.36 Å². The van der Waals surface area contributed by atoms with Crippen molar-refractivity contribution in [3.63, 3.8) is 0 Å². The topological polar surface area (TPSA) is 9.23 Å². The van der Waals surface area contributed by atoms with E-state index in [4.69, 9.17) is 0 Å². The van der Waals surface area contributed by atoms with Crippen LogP contribution in [0, 0.1) is 0 Å². The van der Waals surface area contributed by atoms with E-state index in [0.29, 0.717) is 11.5 Å². The highest BCUT2D eigenvalue weighted by atomic mass is 19.4. The second-order valence-corrected chi connectivity index (χ2v) is 5.28. The first-order chi connectivity index (χ1) is 10.3. The van der Waals surface area contributed by atoms with Crippen LogP contribution in [0.15, 0.2) is 49.0 Å². The molecule has 4 heteroatoms. The Morgan fingerprint density at radius 1 is 1.05 bits per heavy atom. The third-order valence-electron chi connectivity index (χ3n) is 3.34. The Balaban J connectivity index is 2.41. The van der Waals surface area contributed by atoms with Gasteiger partial charge in [0.2, 0.25) is 0 Å². The molecule has 2 rings (SSSR count). The largest absolute Gasteiger partial charge is 0.573 e. The average molecular weight is 306 g/mol. The van der Waals surface area contributed by atoms with Crippen molar-refractivity contribution < 1.29 is 17.9 Å². The normalized spacial score (nSPS) is 11.5. The lowest BCUT2D eigenvalue weighted by atomic mass is 9.96. The van der Waals surface area contributed by atoms with E-state index in [0.717, 1.165) is 11.1 Å². The molecule has 0 aliphatic rings. The highest BCUT2D eigenvalue weighted by Crippen LogP contribution is 2.32. The lowest BCUT2D eigenvalue weighted by Crippen LogP contribution is -2.17. The zero-order valence-corrected chi connectivity index (χ0v) is 12.4. The van der Waals surface area contributed by atoms with Crippen molar-refractivity contribution in [3.05, 3.63) is 60.2 Å². The quantitative estimate of drug-likeness (QED) is 0.671. The van der Waals surface area contributed by atoms with E-state index in [1.54, 1.807) is 12.1 Å². The van der Waals surface area contributed by atoms with E-state index in [9.17, 15) is 13.2 Å². The second kappa shape index (κ2) is 6.26. The van der Waals surface area contributed by atoms with Crippen molar-refractivity contribution in [2.24, 2.45) is 0 Å². The van der Waals surface area contributed by atoms with Gasteiger partial charge in [-0.2, -0.15) is 0 Å². The monoisotopic (exact) mass is 306 g/mol. The molecule has 0 spiro atoms. The van der Waals surface area contributed by atoms with Gasteiger partial charge in [0.25, 0.3) is 0 Å². The maximum Gasteiger partial charge on any atom is 0.573 e. The summed E-state index contributed by atoms with van der Waals surface area (Å²) in [4.78, 5) is 0. The predicted octanol–water partition coefficient (Wildman–Crippen LogP) is 6.02. The van der Waals surface area contributed by atoms with Gasteiger partial charge in [-0.3, -0.25) is 0 Å². The minimum atomic E-state index is -4.71. The molecular weight excluding hydrogens is 289 g/mol. The lowest BCUT2D eigenvalue weighted by molar-refractivity contribution is -0.274. The molecule has 22 heavy (non-hydrogen) atoms. The van der Waals surface area contributed by atoms with E-state index in [1.807, 2.05) is 24.3 Å². The number of hydrogen-bond donors (Lipinski definition) is 0.